The van der Waals surface area contributed by atoms with E-state index in [1.54, 1.807) is 11.0 Å². The molecule has 2 rings (SSSR count). The van der Waals surface area contributed by atoms with Crippen molar-refractivity contribution in [3.05, 3.63) is 29.3 Å². The lowest BCUT2D eigenvalue weighted by atomic mass is 10.1. The molecular weight excluding hydrogens is 250 g/mol. The van der Waals surface area contributed by atoms with Gasteiger partial charge in [0.1, 0.15) is 5.69 Å². The van der Waals surface area contributed by atoms with Crippen molar-refractivity contribution >= 4 is 5.69 Å². The van der Waals surface area contributed by atoms with Gasteiger partial charge in [-0.1, -0.05) is 12.8 Å². The molecule has 1 aromatic rings. The zero-order valence-electron chi connectivity index (χ0n) is 10.6. The van der Waals surface area contributed by atoms with Crippen LogP contribution < -0.4 is 4.90 Å². The van der Waals surface area contributed by atoms with E-state index < -0.39 is 11.6 Å². The van der Waals surface area contributed by atoms with E-state index in [9.17, 15) is 8.78 Å². The van der Waals surface area contributed by atoms with Gasteiger partial charge in [-0.15, -0.1) is 0 Å². The van der Waals surface area contributed by atoms with Crippen molar-refractivity contribution < 1.29 is 13.9 Å². The minimum Gasteiger partial charge on any atom is -0.395 e. The van der Waals surface area contributed by atoms with Gasteiger partial charge >= 0.3 is 0 Å². The first kappa shape index (κ1) is 13.8. The fraction of sp³-hybridized carbons (Fsp3) is 0.500. The Labute approximate surface area is 111 Å². The van der Waals surface area contributed by atoms with E-state index >= 15 is 0 Å². The Bertz CT molecular complexity index is 470. The number of halogens is 2. The highest BCUT2D eigenvalue weighted by Gasteiger charge is 2.27. The van der Waals surface area contributed by atoms with Crippen molar-refractivity contribution in [3.63, 3.8) is 0 Å². The monoisotopic (exact) mass is 266 g/mol. The van der Waals surface area contributed by atoms with Crippen LogP contribution in [0.5, 0.6) is 0 Å². The third-order valence-corrected chi connectivity index (χ3v) is 3.54. The quantitative estimate of drug-likeness (QED) is 0.911. The van der Waals surface area contributed by atoms with Crippen LogP contribution in [-0.2, 0) is 0 Å². The molecule has 0 radical (unpaired) electrons. The second-order valence-corrected chi connectivity index (χ2v) is 4.76. The van der Waals surface area contributed by atoms with Crippen LogP contribution in [0.2, 0.25) is 0 Å². The Morgan fingerprint density at radius 3 is 2.32 bits per heavy atom. The smallest absolute Gasteiger partial charge is 0.150 e. The molecule has 0 aromatic heterocycles. The summed E-state index contributed by atoms with van der Waals surface area (Å²) in [5.41, 5.74) is -0.158. The van der Waals surface area contributed by atoms with Crippen molar-refractivity contribution in [2.75, 3.05) is 18.1 Å². The fourth-order valence-corrected chi connectivity index (χ4v) is 2.71. The third kappa shape index (κ3) is 2.85. The summed E-state index contributed by atoms with van der Waals surface area (Å²) >= 11 is 0. The van der Waals surface area contributed by atoms with Crippen LogP contribution in [0.3, 0.4) is 0 Å². The summed E-state index contributed by atoms with van der Waals surface area (Å²) in [7, 11) is 0. The third-order valence-electron chi connectivity index (χ3n) is 3.54. The van der Waals surface area contributed by atoms with E-state index in [1.165, 1.54) is 0 Å². The summed E-state index contributed by atoms with van der Waals surface area (Å²) in [6.07, 6.45) is 3.82. The van der Waals surface area contributed by atoms with Gasteiger partial charge in [-0.05, 0) is 25.0 Å². The van der Waals surface area contributed by atoms with E-state index in [2.05, 4.69) is 0 Å². The normalized spacial score (nSPS) is 15.5. The fourth-order valence-electron chi connectivity index (χ4n) is 2.71. The van der Waals surface area contributed by atoms with Gasteiger partial charge in [0, 0.05) is 12.6 Å². The summed E-state index contributed by atoms with van der Waals surface area (Å²) in [6.45, 7) is 0.0415. The summed E-state index contributed by atoms with van der Waals surface area (Å²) < 4.78 is 28.0. The molecule has 0 spiro atoms. The standard InChI is InChI=1S/C14H16F2N2O/c15-12-7-10(9-17)8-13(16)14(12)18(5-6-19)11-3-1-2-4-11/h7-8,11,19H,1-6H2. The van der Waals surface area contributed by atoms with Crippen molar-refractivity contribution in [3.8, 4) is 6.07 Å². The number of aliphatic hydroxyl groups is 1. The van der Waals surface area contributed by atoms with Crippen LogP contribution in [0.4, 0.5) is 14.5 Å². The number of rotatable bonds is 4. The first-order chi connectivity index (χ1) is 9.17. The van der Waals surface area contributed by atoms with Gasteiger partial charge in [-0.2, -0.15) is 5.26 Å². The molecule has 1 N–H and O–H groups in total. The molecule has 0 saturated heterocycles. The Hall–Kier alpha value is -1.67. The van der Waals surface area contributed by atoms with Crippen molar-refractivity contribution in [1.82, 2.24) is 0 Å². The van der Waals surface area contributed by atoms with Crippen LogP contribution in [0.25, 0.3) is 0 Å². The van der Waals surface area contributed by atoms with Crippen LogP contribution >= 0.6 is 0 Å². The van der Waals surface area contributed by atoms with Gasteiger partial charge in [0.25, 0.3) is 0 Å². The molecule has 0 heterocycles. The largest absolute Gasteiger partial charge is 0.395 e. The summed E-state index contributed by atoms with van der Waals surface area (Å²) in [6, 6.07) is 3.87. The molecule has 0 amide bonds. The van der Waals surface area contributed by atoms with Crippen LogP contribution in [0.15, 0.2) is 12.1 Å². The second kappa shape index (κ2) is 5.98. The van der Waals surface area contributed by atoms with Gasteiger partial charge in [0.15, 0.2) is 11.6 Å². The molecule has 1 aliphatic carbocycles. The highest BCUT2D eigenvalue weighted by atomic mass is 19.1. The Balaban J connectivity index is 2.38. The summed E-state index contributed by atoms with van der Waals surface area (Å²) in [5, 5.41) is 17.8. The van der Waals surface area contributed by atoms with E-state index in [0.29, 0.717) is 0 Å². The Morgan fingerprint density at radius 1 is 1.26 bits per heavy atom. The SMILES string of the molecule is N#Cc1cc(F)c(N(CCO)C2CCCC2)c(F)c1. The topological polar surface area (TPSA) is 47.3 Å². The number of anilines is 1. The molecule has 102 valence electrons. The van der Waals surface area contributed by atoms with Gasteiger partial charge in [0.2, 0.25) is 0 Å². The molecule has 19 heavy (non-hydrogen) atoms. The zero-order chi connectivity index (χ0) is 13.8. The molecule has 1 saturated carbocycles. The van der Waals surface area contributed by atoms with Crippen molar-refractivity contribution in [1.29, 1.82) is 5.26 Å². The number of benzene rings is 1. The van der Waals surface area contributed by atoms with Crippen LogP contribution in [0.1, 0.15) is 31.2 Å². The maximum Gasteiger partial charge on any atom is 0.150 e. The lowest BCUT2D eigenvalue weighted by molar-refractivity contribution is 0.296. The summed E-state index contributed by atoms with van der Waals surface area (Å²) in [4.78, 5) is 1.60. The van der Waals surface area contributed by atoms with E-state index in [0.717, 1.165) is 37.8 Å². The van der Waals surface area contributed by atoms with Crippen molar-refractivity contribution in [2.45, 2.75) is 31.7 Å². The predicted molar refractivity (Wildman–Crippen MR) is 67.8 cm³/mol. The van der Waals surface area contributed by atoms with Gasteiger partial charge in [-0.3, -0.25) is 0 Å². The number of hydrogen-bond donors (Lipinski definition) is 1. The molecule has 0 aliphatic heterocycles. The molecule has 3 nitrogen and oxygen atoms in total. The maximum atomic E-state index is 14.0. The molecule has 1 aromatic carbocycles. The highest BCUT2D eigenvalue weighted by molar-refractivity contribution is 5.53. The van der Waals surface area contributed by atoms with E-state index in [4.69, 9.17) is 10.4 Å². The lowest BCUT2D eigenvalue weighted by Gasteiger charge is -2.31. The van der Waals surface area contributed by atoms with Gasteiger partial charge < -0.3 is 10.0 Å². The Morgan fingerprint density at radius 2 is 1.84 bits per heavy atom. The number of hydrogen-bond acceptors (Lipinski definition) is 3. The van der Waals surface area contributed by atoms with E-state index in [-0.39, 0.29) is 30.4 Å². The highest BCUT2D eigenvalue weighted by Crippen LogP contribution is 2.32. The van der Waals surface area contributed by atoms with E-state index in [1.807, 2.05) is 0 Å². The maximum absolute atomic E-state index is 14.0. The second-order valence-electron chi connectivity index (χ2n) is 4.76. The molecule has 0 unspecified atom stereocenters. The molecule has 1 aliphatic rings. The number of aliphatic hydroxyl groups excluding tert-OH is 1. The minimum atomic E-state index is -0.739. The average Bonchev–Trinajstić information content (AvgIpc) is 2.90. The van der Waals surface area contributed by atoms with Crippen LogP contribution in [-0.4, -0.2) is 24.3 Å². The van der Waals surface area contributed by atoms with Crippen molar-refractivity contribution in [2.24, 2.45) is 0 Å². The first-order valence-corrected chi connectivity index (χ1v) is 6.44. The minimum absolute atomic E-state index is 0.0332. The molecule has 0 atom stereocenters. The molecule has 1 fully saturated rings. The average molecular weight is 266 g/mol. The Kier molecular flexibility index (Phi) is 4.33. The number of nitriles is 1. The summed E-state index contributed by atoms with van der Waals surface area (Å²) in [5.74, 6) is -1.48. The van der Waals surface area contributed by atoms with Gasteiger partial charge in [0.05, 0.1) is 18.2 Å². The zero-order valence-corrected chi connectivity index (χ0v) is 10.6. The molecule has 0 bridgehead atoms. The predicted octanol–water partition coefficient (Wildman–Crippen LogP) is 2.58. The number of nitrogens with zero attached hydrogens (tertiary/aromatic N) is 2. The first-order valence-electron chi connectivity index (χ1n) is 6.44. The van der Waals surface area contributed by atoms with Gasteiger partial charge in [-0.25, -0.2) is 8.78 Å². The van der Waals surface area contributed by atoms with Crippen LogP contribution in [0, 0.1) is 23.0 Å². The lowest BCUT2D eigenvalue weighted by Crippen LogP contribution is -2.37. The molecular formula is C14H16F2N2O. The molecule has 5 heteroatoms.